The van der Waals surface area contributed by atoms with Crippen LogP contribution in [0.1, 0.15) is 12.0 Å². The van der Waals surface area contributed by atoms with Crippen molar-refractivity contribution in [3.8, 4) is 0 Å². The van der Waals surface area contributed by atoms with Crippen molar-refractivity contribution < 1.29 is 10.2 Å². The number of aromatic amines is 2. The third-order valence-electron chi connectivity index (χ3n) is 2.64. The predicted molar refractivity (Wildman–Crippen MR) is 87.4 cm³/mol. The highest BCUT2D eigenvalue weighted by molar-refractivity contribution is 7.43. The van der Waals surface area contributed by atoms with E-state index in [9.17, 15) is 10.2 Å². The van der Waals surface area contributed by atoms with Crippen LogP contribution in [-0.4, -0.2) is 29.5 Å². The minimum absolute atomic E-state index is 0.244. The number of nitrogens with zero attached hydrogens (tertiary/aromatic N) is 1. The van der Waals surface area contributed by atoms with Crippen LogP contribution in [0.25, 0.3) is 5.57 Å². The summed E-state index contributed by atoms with van der Waals surface area (Å²) in [6.45, 7) is 0. The Morgan fingerprint density at radius 3 is 2.55 bits per heavy atom. The second-order valence-corrected chi connectivity index (χ2v) is 7.44. The molecule has 106 valence electrons. The molecule has 0 saturated carbocycles. The number of aromatic nitrogens is 3. The summed E-state index contributed by atoms with van der Waals surface area (Å²) in [5.74, 6) is -1.73. The van der Waals surface area contributed by atoms with Gasteiger partial charge in [-0.1, -0.05) is 48.6 Å². The predicted octanol–water partition coefficient (Wildman–Crippen LogP) is 3.22. The molecule has 1 aromatic carbocycles. The van der Waals surface area contributed by atoms with Crippen molar-refractivity contribution in [2.24, 2.45) is 0 Å². The van der Waals surface area contributed by atoms with E-state index in [0.717, 1.165) is 14.1 Å². The summed E-state index contributed by atoms with van der Waals surface area (Å²) in [5, 5.41) is 19.4. The summed E-state index contributed by atoms with van der Waals surface area (Å²) in [7, 11) is 2.36. The second-order valence-electron chi connectivity index (χ2n) is 4.07. The summed E-state index contributed by atoms with van der Waals surface area (Å²) in [6, 6.07) is 9.40. The van der Waals surface area contributed by atoms with Crippen molar-refractivity contribution >= 4 is 31.1 Å². The van der Waals surface area contributed by atoms with Gasteiger partial charge in [0.1, 0.15) is 8.51 Å². The molecule has 2 aromatic rings. The normalized spacial score (nSPS) is 17.0. The maximum atomic E-state index is 9.72. The molecule has 2 atom stereocenters. The summed E-state index contributed by atoms with van der Waals surface area (Å²) in [6.07, 6.45) is 5.56. The first-order valence-corrected chi connectivity index (χ1v) is 8.77. The fourth-order valence-corrected chi connectivity index (χ4v) is 4.39. The molecule has 1 aromatic heterocycles. The molecule has 4 N–H and O–H groups in total. The molecule has 0 amide bonds. The van der Waals surface area contributed by atoms with E-state index in [4.69, 9.17) is 0 Å². The van der Waals surface area contributed by atoms with Crippen LogP contribution in [-0.2, 0) is 0 Å². The van der Waals surface area contributed by atoms with Gasteiger partial charge in [-0.05, 0) is 5.56 Å². The Hall–Kier alpha value is -1.08. The van der Waals surface area contributed by atoms with Gasteiger partial charge >= 0.3 is 0 Å². The quantitative estimate of drug-likeness (QED) is 0.607. The average molecular weight is 327 g/mol. The van der Waals surface area contributed by atoms with Crippen molar-refractivity contribution in [1.29, 1.82) is 0 Å². The van der Waals surface area contributed by atoms with Crippen molar-refractivity contribution in [2.75, 3.05) is 0 Å². The lowest BCUT2D eigenvalue weighted by molar-refractivity contribution is -0.105. The minimum atomic E-state index is -1.73. The Morgan fingerprint density at radius 1 is 1.25 bits per heavy atom. The molecule has 0 spiro atoms. The van der Waals surface area contributed by atoms with E-state index in [1.165, 1.54) is 0 Å². The van der Waals surface area contributed by atoms with Gasteiger partial charge in [-0.2, -0.15) is 4.51 Å². The summed E-state index contributed by atoms with van der Waals surface area (Å²) < 4.78 is 10.0. The zero-order valence-corrected chi connectivity index (χ0v) is 13.5. The topological polar surface area (TPSA) is 84.9 Å². The first-order chi connectivity index (χ1) is 9.70. The monoisotopic (exact) mass is 327 g/mol. The number of hydrogen-bond donors (Lipinski definition) is 4. The molecule has 1 heterocycles. The van der Waals surface area contributed by atoms with Gasteiger partial charge in [0.25, 0.3) is 0 Å². The maximum Gasteiger partial charge on any atom is 0.193 e. The molecule has 1 aliphatic carbocycles. The van der Waals surface area contributed by atoms with Gasteiger partial charge in [-0.3, -0.25) is 0 Å². The Labute approximate surface area is 121 Å². The molecule has 0 bridgehead atoms. The van der Waals surface area contributed by atoms with Gasteiger partial charge in [-0.25, -0.2) is 0 Å². The molecule has 0 saturated heterocycles. The average Bonchev–Trinajstić information content (AvgIpc) is 2.50. The maximum absolute atomic E-state index is 9.72. The smallest absolute Gasteiger partial charge is 0.193 e. The number of hydrogen-bond acceptors (Lipinski definition) is 3. The summed E-state index contributed by atoms with van der Waals surface area (Å²) in [4.78, 5) is 0. The van der Waals surface area contributed by atoms with Crippen LogP contribution < -0.4 is 0 Å². The molecule has 0 radical (unpaired) electrons. The van der Waals surface area contributed by atoms with Gasteiger partial charge in [0, 0.05) is 29.0 Å². The third kappa shape index (κ3) is 4.49. The minimum Gasteiger partial charge on any atom is -0.362 e. The lowest BCUT2D eigenvalue weighted by Gasteiger charge is -2.26. The highest BCUT2D eigenvalue weighted by Crippen LogP contribution is 2.30. The van der Waals surface area contributed by atoms with Gasteiger partial charge in [0.2, 0.25) is 0 Å². The van der Waals surface area contributed by atoms with Crippen molar-refractivity contribution in [3.63, 3.8) is 0 Å². The van der Waals surface area contributed by atoms with E-state index in [1.54, 1.807) is 12.2 Å². The van der Waals surface area contributed by atoms with E-state index in [1.807, 2.05) is 36.4 Å². The number of H-pyrrole nitrogens is 2. The fourth-order valence-electron chi connectivity index (χ4n) is 1.74. The highest BCUT2D eigenvalue weighted by atomic mass is 31.1. The Bertz CT molecular complexity index is 565. The molecule has 3 rings (SSSR count). The molecule has 1 aliphatic rings. The van der Waals surface area contributed by atoms with E-state index in [-0.39, 0.29) is 6.42 Å². The molecule has 0 aliphatic heterocycles. The van der Waals surface area contributed by atoms with Crippen LogP contribution in [0.5, 0.6) is 0 Å². The largest absolute Gasteiger partial charge is 0.362 e. The molecule has 8 heteroatoms. The standard InChI is InChI=1S/C12H12O2.H4N3P3/c13-12(14)9-5-4-8-11(12)10-6-2-1-3-7-10;1-4-2-6-3-5-1/h1-8,13-14H,9H2;1,4-5H,(H,2,3). The van der Waals surface area contributed by atoms with E-state index >= 15 is 0 Å². The third-order valence-corrected chi connectivity index (χ3v) is 5.24. The van der Waals surface area contributed by atoms with Gasteiger partial charge in [-0.15, -0.1) is 0 Å². The molecule has 2 unspecified atom stereocenters. The zero-order chi connectivity index (χ0) is 14.3. The van der Waals surface area contributed by atoms with Crippen molar-refractivity contribution in [3.05, 3.63) is 54.1 Å². The Balaban J connectivity index is 0.000000205. The van der Waals surface area contributed by atoms with E-state index in [0.29, 0.717) is 22.6 Å². The molecule has 20 heavy (non-hydrogen) atoms. The second kappa shape index (κ2) is 7.64. The molecule has 5 nitrogen and oxygen atoms in total. The van der Waals surface area contributed by atoms with Crippen LogP contribution in [0.3, 0.4) is 0 Å². The number of aliphatic hydroxyl groups is 2. The lowest BCUT2D eigenvalue weighted by Crippen LogP contribution is -2.30. The van der Waals surface area contributed by atoms with Crippen LogP contribution in [0.4, 0.5) is 0 Å². The lowest BCUT2D eigenvalue weighted by atomic mass is 9.92. The Morgan fingerprint density at radius 2 is 2.05 bits per heavy atom. The van der Waals surface area contributed by atoms with Crippen molar-refractivity contribution in [2.45, 2.75) is 12.2 Å². The number of allylic oxidation sites excluding steroid dienone is 2. The van der Waals surface area contributed by atoms with Crippen molar-refractivity contribution in [1.82, 2.24) is 13.5 Å². The van der Waals surface area contributed by atoms with Gasteiger partial charge < -0.3 is 19.2 Å². The number of nitrogens with one attached hydrogen (secondary N) is 2. The first kappa shape index (κ1) is 15.3. The fraction of sp³-hybridized carbons (Fsp3) is 0.167. The zero-order valence-electron chi connectivity index (χ0n) is 10.6. The first-order valence-electron chi connectivity index (χ1n) is 5.97. The van der Waals surface area contributed by atoms with E-state index in [2.05, 4.69) is 13.5 Å². The van der Waals surface area contributed by atoms with Crippen LogP contribution in [0, 0.1) is 0 Å². The molecular weight excluding hydrogens is 311 g/mol. The Kier molecular flexibility index (Phi) is 5.85. The SMILES string of the molecule is OC1(O)CC=CC=C1c1ccccc1.n1p[nH][pH][nH][pH]1. The van der Waals surface area contributed by atoms with Crippen LogP contribution >= 0.6 is 25.5 Å². The van der Waals surface area contributed by atoms with Crippen LogP contribution in [0.15, 0.2) is 48.6 Å². The molecular formula is C12H16N3O2P3. The highest BCUT2D eigenvalue weighted by Gasteiger charge is 2.29. The number of rotatable bonds is 1. The van der Waals surface area contributed by atoms with E-state index < -0.39 is 5.79 Å². The number of benzene rings is 1. The summed E-state index contributed by atoms with van der Waals surface area (Å²) in [5.41, 5.74) is 1.41. The van der Waals surface area contributed by atoms with Crippen LogP contribution in [0.2, 0.25) is 0 Å². The van der Waals surface area contributed by atoms with Gasteiger partial charge in [0.15, 0.2) is 5.79 Å². The summed E-state index contributed by atoms with van der Waals surface area (Å²) >= 11 is 0. The molecule has 0 fully saturated rings. The van der Waals surface area contributed by atoms with Gasteiger partial charge in [0.05, 0.1) is 0 Å².